The number of rotatable bonds is 3. The molecule has 0 saturated heterocycles. The molecule has 0 fully saturated rings. The van der Waals surface area contributed by atoms with Crippen molar-refractivity contribution in [2.24, 2.45) is 5.73 Å². The van der Waals surface area contributed by atoms with E-state index in [1.165, 1.54) is 6.07 Å². The second-order valence-corrected chi connectivity index (χ2v) is 3.46. The maximum absolute atomic E-state index is 12.8. The topological polar surface area (TPSA) is 64.7 Å². The Morgan fingerprint density at radius 2 is 2.12 bits per heavy atom. The Bertz CT molecular complexity index is 398. The van der Waals surface area contributed by atoms with Crippen molar-refractivity contribution in [1.29, 1.82) is 0 Å². The average molecular weight is 231 g/mol. The number of halogens is 2. The monoisotopic (exact) mass is 231 g/mol. The van der Waals surface area contributed by atoms with Gasteiger partial charge in [-0.25, -0.2) is 0 Å². The van der Waals surface area contributed by atoms with E-state index in [9.17, 15) is 8.78 Å². The molecule has 4 nitrogen and oxygen atoms in total. The van der Waals surface area contributed by atoms with Crippen molar-refractivity contribution >= 4 is 0 Å². The minimum Gasteiger partial charge on any atom is -0.396 e. The minimum absolute atomic E-state index is 0.0316. The lowest BCUT2D eigenvalue weighted by Gasteiger charge is -2.12. The summed E-state index contributed by atoms with van der Waals surface area (Å²) in [6, 6.07) is 3.95. The maximum atomic E-state index is 12.8. The first-order valence-corrected chi connectivity index (χ1v) is 4.78. The summed E-state index contributed by atoms with van der Waals surface area (Å²) >= 11 is 0. The molecule has 1 atom stereocenters. The zero-order chi connectivity index (χ0) is 11.8. The van der Waals surface area contributed by atoms with Crippen LogP contribution in [0.15, 0.2) is 18.2 Å². The third kappa shape index (κ3) is 1.94. The zero-order valence-corrected chi connectivity index (χ0v) is 8.32. The zero-order valence-electron chi connectivity index (χ0n) is 8.32. The predicted octanol–water partition coefficient (Wildman–Crippen LogP) is 1.39. The van der Waals surface area contributed by atoms with Crippen LogP contribution in [0.4, 0.5) is 8.78 Å². The van der Waals surface area contributed by atoms with E-state index in [1.807, 2.05) is 0 Å². The molecule has 3 N–H and O–H groups in total. The van der Waals surface area contributed by atoms with Gasteiger partial charge in [0.05, 0.1) is 0 Å². The first-order valence-electron chi connectivity index (χ1n) is 4.78. The van der Waals surface area contributed by atoms with Crippen molar-refractivity contribution < 1.29 is 23.4 Å². The van der Waals surface area contributed by atoms with Gasteiger partial charge in [-0.3, -0.25) is 0 Å². The summed E-state index contributed by atoms with van der Waals surface area (Å²) in [5, 5.41) is 8.75. The molecule has 0 radical (unpaired) electrons. The summed E-state index contributed by atoms with van der Waals surface area (Å²) in [5.74, 6) is -0.0793. The summed E-state index contributed by atoms with van der Waals surface area (Å²) in [6.07, 6.45) is -3.37. The van der Waals surface area contributed by atoms with Gasteiger partial charge in [0.1, 0.15) is 0 Å². The number of nitrogens with two attached hydrogens (primary N) is 1. The third-order valence-electron chi connectivity index (χ3n) is 2.30. The van der Waals surface area contributed by atoms with E-state index in [-0.39, 0.29) is 24.5 Å². The number of para-hydroxylation sites is 1. The van der Waals surface area contributed by atoms with Gasteiger partial charge < -0.3 is 20.3 Å². The molecule has 1 aromatic rings. The van der Waals surface area contributed by atoms with Crippen LogP contribution in [-0.2, 0) is 0 Å². The van der Waals surface area contributed by atoms with E-state index >= 15 is 0 Å². The van der Waals surface area contributed by atoms with Crippen LogP contribution < -0.4 is 15.2 Å². The van der Waals surface area contributed by atoms with Gasteiger partial charge in [-0.05, 0) is 12.5 Å². The van der Waals surface area contributed by atoms with E-state index < -0.39 is 12.3 Å². The number of aliphatic hydroxyl groups is 1. The Hall–Kier alpha value is -1.40. The molecule has 0 unspecified atom stereocenters. The molecule has 6 heteroatoms. The molecule has 0 aromatic heterocycles. The molecule has 0 saturated carbocycles. The third-order valence-corrected chi connectivity index (χ3v) is 2.30. The van der Waals surface area contributed by atoms with Crippen LogP contribution >= 0.6 is 0 Å². The summed E-state index contributed by atoms with van der Waals surface area (Å²) in [6.45, 7) is -0.123. The fraction of sp³-hybridized carbons (Fsp3) is 0.400. The second-order valence-electron chi connectivity index (χ2n) is 3.46. The highest BCUT2D eigenvalue weighted by atomic mass is 19.3. The number of ether oxygens (including phenoxy) is 2. The Morgan fingerprint density at radius 3 is 2.81 bits per heavy atom. The first-order chi connectivity index (χ1) is 7.53. The van der Waals surface area contributed by atoms with Gasteiger partial charge in [0.25, 0.3) is 0 Å². The molecule has 88 valence electrons. The van der Waals surface area contributed by atoms with Crippen LogP contribution in [0.1, 0.15) is 18.0 Å². The molecule has 2 rings (SSSR count). The van der Waals surface area contributed by atoms with E-state index in [2.05, 4.69) is 9.47 Å². The number of alkyl halides is 2. The largest absolute Gasteiger partial charge is 0.586 e. The lowest BCUT2D eigenvalue weighted by molar-refractivity contribution is -0.287. The van der Waals surface area contributed by atoms with Crippen LogP contribution in [0.3, 0.4) is 0 Å². The number of hydrogen-bond acceptors (Lipinski definition) is 4. The second kappa shape index (κ2) is 3.88. The number of benzene rings is 1. The van der Waals surface area contributed by atoms with Gasteiger partial charge in [-0.2, -0.15) is 0 Å². The van der Waals surface area contributed by atoms with Crippen LogP contribution in [0.25, 0.3) is 0 Å². The molecule has 1 aromatic carbocycles. The van der Waals surface area contributed by atoms with Crippen molar-refractivity contribution in [3.05, 3.63) is 23.8 Å². The Morgan fingerprint density at radius 1 is 1.38 bits per heavy atom. The lowest BCUT2D eigenvalue weighted by atomic mass is 10.0. The van der Waals surface area contributed by atoms with Crippen LogP contribution in [-0.4, -0.2) is 18.0 Å². The summed E-state index contributed by atoms with van der Waals surface area (Å²) in [4.78, 5) is 0. The molecule has 0 bridgehead atoms. The molecule has 0 spiro atoms. The Kier molecular flexibility index (Phi) is 2.69. The highest BCUT2D eigenvalue weighted by molar-refractivity contribution is 5.50. The van der Waals surface area contributed by atoms with Gasteiger partial charge in [-0.15, -0.1) is 8.78 Å². The van der Waals surface area contributed by atoms with E-state index in [4.69, 9.17) is 10.8 Å². The van der Waals surface area contributed by atoms with Crippen molar-refractivity contribution in [2.45, 2.75) is 18.8 Å². The molecule has 1 aliphatic heterocycles. The quantitative estimate of drug-likeness (QED) is 0.825. The highest BCUT2D eigenvalue weighted by Gasteiger charge is 2.44. The minimum atomic E-state index is -3.64. The SMILES string of the molecule is N[C@@H](CCO)c1cccc2c1OC(F)(F)O2. The fourth-order valence-corrected chi connectivity index (χ4v) is 1.58. The standard InChI is InChI=1S/C10H11F2NO3/c11-10(12)15-8-3-1-2-6(9(8)16-10)7(13)4-5-14/h1-3,7,14H,4-5,13H2/t7-/m0/s1. The molecule has 0 aliphatic carbocycles. The summed E-state index contributed by atoms with van der Waals surface area (Å²) < 4.78 is 34.3. The molecule has 1 heterocycles. The van der Waals surface area contributed by atoms with E-state index in [1.54, 1.807) is 12.1 Å². The van der Waals surface area contributed by atoms with Gasteiger partial charge in [0.2, 0.25) is 0 Å². The smallest absolute Gasteiger partial charge is 0.396 e. The molecule has 0 amide bonds. The number of fused-ring (bicyclic) bond motifs is 1. The number of aliphatic hydroxyl groups excluding tert-OH is 1. The van der Waals surface area contributed by atoms with Crippen molar-refractivity contribution in [3.63, 3.8) is 0 Å². The summed E-state index contributed by atoms with van der Waals surface area (Å²) in [7, 11) is 0. The van der Waals surface area contributed by atoms with Crippen molar-refractivity contribution in [2.75, 3.05) is 6.61 Å². The van der Waals surface area contributed by atoms with Gasteiger partial charge >= 0.3 is 6.29 Å². The summed E-state index contributed by atoms with van der Waals surface area (Å²) in [5.41, 5.74) is 6.13. The van der Waals surface area contributed by atoms with Gasteiger partial charge in [0, 0.05) is 18.2 Å². The van der Waals surface area contributed by atoms with Gasteiger partial charge in [0.15, 0.2) is 11.5 Å². The number of hydrogen-bond donors (Lipinski definition) is 2. The molecular weight excluding hydrogens is 220 g/mol. The van der Waals surface area contributed by atoms with Crippen molar-refractivity contribution in [1.82, 2.24) is 0 Å². The predicted molar refractivity (Wildman–Crippen MR) is 51.3 cm³/mol. The maximum Gasteiger partial charge on any atom is 0.586 e. The average Bonchev–Trinajstić information content (AvgIpc) is 2.51. The van der Waals surface area contributed by atoms with E-state index in [0.717, 1.165) is 0 Å². The van der Waals surface area contributed by atoms with Crippen molar-refractivity contribution in [3.8, 4) is 11.5 Å². The molecular formula is C10H11F2NO3. The van der Waals surface area contributed by atoms with Crippen LogP contribution in [0.5, 0.6) is 11.5 Å². The first kappa shape index (κ1) is 11.1. The Labute approximate surface area is 90.6 Å². The molecule has 16 heavy (non-hydrogen) atoms. The van der Waals surface area contributed by atoms with Crippen LogP contribution in [0.2, 0.25) is 0 Å². The lowest BCUT2D eigenvalue weighted by Crippen LogP contribution is -2.26. The molecule has 1 aliphatic rings. The van der Waals surface area contributed by atoms with Gasteiger partial charge in [-0.1, -0.05) is 12.1 Å². The van der Waals surface area contributed by atoms with Crippen LogP contribution in [0, 0.1) is 0 Å². The van der Waals surface area contributed by atoms with E-state index in [0.29, 0.717) is 5.56 Å². The highest BCUT2D eigenvalue weighted by Crippen LogP contribution is 2.44. The normalized spacial score (nSPS) is 18.5. The fourth-order valence-electron chi connectivity index (χ4n) is 1.58. The Balaban J connectivity index is 2.33.